The van der Waals surface area contributed by atoms with Crippen molar-refractivity contribution < 1.29 is 0 Å². The van der Waals surface area contributed by atoms with Gasteiger partial charge in [0.15, 0.2) is 0 Å². The highest BCUT2D eigenvalue weighted by molar-refractivity contribution is 9.10. The van der Waals surface area contributed by atoms with Crippen LogP contribution in [0, 0.1) is 5.92 Å². The molecule has 0 fully saturated rings. The number of hydrogen-bond acceptors (Lipinski definition) is 2. The minimum Gasteiger partial charge on any atom is -0.384 e. The Hall–Kier alpha value is -1.29. The summed E-state index contributed by atoms with van der Waals surface area (Å²) >= 11 is 3.49. The van der Waals surface area contributed by atoms with Gasteiger partial charge in [-0.05, 0) is 24.5 Å². The third kappa shape index (κ3) is 2.58. The van der Waals surface area contributed by atoms with E-state index in [0.717, 1.165) is 33.5 Å². The standard InChI is InChI=1S/C14H18BrN3/c1-9(2)7-12-13(17-18(3)14(12)16)10-5-4-6-11(15)8-10/h4-6,8-9H,7,16H2,1-3H3. The molecule has 0 bridgehead atoms. The molecular formula is C14H18BrN3. The number of nitrogen functional groups attached to an aromatic ring is 1. The van der Waals surface area contributed by atoms with Crippen molar-refractivity contribution in [3.8, 4) is 11.3 Å². The van der Waals surface area contributed by atoms with Crippen molar-refractivity contribution in [3.63, 3.8) is 0 Å². The average Bonchev–Trinajstić information content (AvgIpc) is 2.57. The third-order valence-corrected chi connectivity index (χ3v) is 3.40. The van der Waals surface area contributed by atoms with Gasteiger partial charge in [-0.3, -0.25) is 4.68 Å². The molecule has 0 aliphatic carbocycles. The molecule has 0 aliphatic rings. The maximum Gasteiger partial charge on any atom is 0.125 e. The summed E-state index contributed by atoms with van der Waals surface area (Å²) in [5.41, 5.74) is 9.35. The molecule has 1 aromatic heterocycles. The van der Waals surface area contributed by atoms with Crippen molar-refractivity contribution in [2.24, 2.45) is 13.0 Å². The number of aromatic nitrogens is 2. The molecule has 3 nitrogen and oxygen atoms in total. The van der Waals surface area contributed by atoms with Gasteiger partial charge >= 0.3 is 0 Å². The highest BCUT2D eigenvalue weighted by Crippen LogP contribution is 2.30. The zero-order valence-electron chi connectivity index (χ0n) is 10.9. The minimum atomic E-state index is 0.558. The Labute approximate surface area is 116 Å². The summed E-state index contributed by atoms with van der Waals surface area (Å²) in [6.07, 6.45) is 0.946. The lowest BCUT2D eigenvalue weighted by Gasteiger charge is -2.07. The molecule has 0 spiro atoms. The van der Waals surface area contributed by atoms with Crippen LogP contribution in [-0.4, -0.2) is 9.78 Å². The smallest absolute Gasteiger partial charge is 0.125 e. The second kappa shape index (κ2) is 5.14. The van der Waals surface area contributed by atoms with E-state index in [0.29, 0.717) is 5.92 Å². The van der Waals surface area contributed by atoms with Gasteiger partial charge in [-0.2, -0.15) is 5.10 Å². The van der Waals surface area contributed by atoms with Crippen molar-refractivity contribution in [1.82, 2.24) is 9.78 Å². The van der Waals surface area contributed by atoms with Crippen LogP contribution in [0.25, 0.3) is 11.3 Å². The summed E-state index contributed by atoms with van der Waals surface area (Å²) in [5.74, 6) is 1.32. The summed E-state index contributed by atoms with van der Waals surface area (Å²) in [6.45, 7) is 4.38. The quantitative estimate of drug-likeness (QED) is 0.941. The molecule has 2 rings (SSSR count). The van der Waals surface area contributed by atoms with Gasteiger partial charge < -0.3 is 5.73 Å². The van der Waals surface area contributed by atoms with Crippen LogP contribution < -0.4 is 5.73 Å². The first-order valence-corrected chi connectivity index (χ1v) is 6.85. The van der Waals surface area contributed by atoms with Crippen LogP contribution in [0.2, 0.25) is 0 Å². The summed E-state index contributed by atoms with van der Waals surface area (Å²) in [7, 11) is 1.89. The maximum absolute atomic E-state index is 6.12. The first kappa shape index (κ1) is 13.1. The van der Waals surface area contributed by atoms with Crippen LogP contribution in [0.4, 0.5) is 5.82 Å². The van der Waals surface area contributed by atoms with Crippen LogP contribution in [0.15, 0.2) is 28.7 Å². The fourth-order valence-corrected chi connectivity index (χ4v) is 2.46. The number of halogens is 1. The van der Waals surface area contributed by atoms with Gasteiger partial charge in [-0.15, -0.1) is 0 Å². The SMILES string of the molecule is CC(C)Cc1c(-c2cccc(Br)c2)nn(C)c1N. The Morgan fingerprint density at radius 3 is 2.72 bits per heavy atom. The van der Waals surface area contributed by atoms with Gasteiger partial charge in [-0.1, -0.05) is 41.9 Å². The molecule has 0 saturated carbocycles. The van der Waals surface area contributed by atoms with Crippen molar-refractivity contribution in [2.75, 3.05) is 5.73 Å². The number of nitrogens with two attached hydrogens (primary N) is 1. The van der Waals surface area contributed by atoms with Gasteiger partial charge in [-0.25, -0.2) is 0 Å². The van der Waals surface area contributed by atoms with E-state index in [2.05, 4.69) is 47.0 Å². The summed E-state index contributed by atoms with van der Waals surface area (Å²) in [6, 6.07) is 8.17. The molecule has 18 heavy (non-hydrogen) atoms. The molecule has 96 valence electrons. The maximum atomic E-state index is 6.12. The highest BCUT2D eigenvalue weighted by Gasteiger charge is 2.16. The second-order valence-corrected chi connectivity index (χ2v) is 5.86. The number of nitrogens with zero attached hydrogens (tertiary/aromatic N) is 2. The molecule has 0 amide bonds. The van der Waals surface area contributed by atoms with E-state index in [1.54, 1.807) is 4.68 Å². The molecule has 0 atom stereocenters. The monoisotopic (exact) mass is 307 g/mol. The predicted octanol–water partition coefficient (Wildman–Crippen LogP) is 3.63. The van der Waals surface area contributed by atoms with Crippen molar-refractivity contribution in [1.29, 1.82) is 0 Å². The number of aryl methyl sites for hydroxylation is 1. The lowest BCUT2D eigenvalue weighted by atomic mass is 9.99. The Morgan fingerprint density at radius 2 is 2.11 bits per heavy atom. The average molecular weight is 308 g/mol. The van der Waals surface area contributed by atoms with E-state index in [1.807, 2.05) is 19.2 Å². The van der Waals surface area contributed by atoms with Crippen LogP contribution >= 0.6 is 15.9 Å². The van der Waals surface area contributed by atoms with Gasteiger partial charge in [0.1, 0.15) is 5.82 Å². The lowest BCUT2D eigenvalue weighted by molar-refractivity contribution is 0.648. The molecule has 4 heteroatoms. The van der Waals surface area contributed by atoms with Gasteiger partial charge in [0.25, 0.3) is 0 Å². The number of benzene rings is 1. The molecule has 0 aliphatic heterocycles. The summed E-state index contributed by atoms with van der Waals surface area (Å²) in [4.78, 5) is 0. The van der Waals surface area contributed by atoms with Gasteiger partial charge in [0.05, 0.1) is 5.69 Å². The zero-order chi connectivity index (χ0) is 13.3. The fraction of sp³-hybridized carbons (Fsp3) is 0.357. The molecule has 2 N–H and O–H groups in total. The minimum absolute atomic E-state index is 0.558. The van der Waals surface area contributed by atoms with E-state index in [9.17, 15) is 0 Å². The van der Waals surface area contributed by atoms with Crippen molar-refractivity contribution in [3.05, 3.63) is 34.3 Å². The van der Waals surface area contributed by atoms with Crippen LogP contribution in [0.5, 0.6) is 0 Å². The molecule has 1 heterocycles. The van der Waals surface area contributed by atoms with E-state index in [-0.39, 0.29) is 0 Å². The molecule has 0 saturated heterocycles. The van der Waals surface area contributed by atoms with Crippen LogP contribution in [-0.2, 0) is 13.5 Å². The van der Waals surface area contributed by atoms with E-state index in [1.165, 1.54) is 0 Å². The third-order valence-electron chi connectivity index (χ3n) is 2.90. The fourth-order valence-electron chi connectivity index (χ4n) is 2.06. The Morgan fingerprint density at radius 1 is 1.39 bits per heavy atom. The Bertz CT molecular complexity index is 558. The highest BCUT2D eigenvalue weighted by atomic mass is 79.9. The molecule has 1 aromatic carbocycles. The summed E-state index contributed by atoms with van der Waals surface area (Å²) < 4.78 is 2.81. The topological polar surface area (TPSA) is 43.8 Å². The van der Waals surface area contributed by atoms with Crippen LogP contribution in [0.3, 0.4) is 0 Å². The van der Waals surface area contributed by atoms with Gasteiger partial charge in [0, 0.05) is 22.6 Å². The lowest BCUT2D eigenvalue weighted by Crippen LogP contribution is -2.02. The summed E-state index contributed by atoms with van der Waals surface area (Å²) in [5, 5.41) is 4.55. The molecule has 0 radical (unpaired) electrons. The second-order valence-electron chi connectivity index (χ2n) is 4.94. The normalized spacial score (nSPS) is 11.2. The Balaban J connectivity index is 2.53. The molecule has 0 unspecified atom stereocenters. The van der Waals surface area contributed by atoms with Gasteiger partial charge in [0.2, 0.25) is 0 Å². The molecular weight excluding hydrogens is 290 g/mol. The predicted molar refractivity (Wildman–Crippen MR) is 79.3 cm³/mol. The largest absolute Gasteiger partial charge is 0.384 e. The van der Waals surface area contributed by atoms with E-state index < -0.39 is 0 Å². The van der Waals surface area contributed by atoms with Crippen LogP contribution in [0.1, 0.15) is 19.4 Å². The first-order valence-electron chi connectivity index (χ1n) is 6.06. The number of hydrogen-bond donors (Lipinski definition) is 1. The number of rotatable bonds is 3. The first-order chi connectivity index (χ1) is 8.49. The van der Waals surface area contributed by atoms with E-state index in [4.69, 9.17) is 5.73 Å². The Kier molecular flexibility index (Phi) is 3.76. The van der Waals surface area contributed by atoms with Crippen molar-refractivity contribution in [2.45, 2.75) is 20.3 Å². The van der Waals surface area contributed by atoms with E-state index >= 15 is 0 Å². The van der Waals surface area contributed by atoms with Crippen molar-refractivity contribution >= 4 is 21.7 Å². The number of anilines is 1. The zero-order valence-corrected chi connectivity index (χ0v) is 12.5. The molecule has 2 aromatic rings.